The number of nitrogens with one attached hydrogen (secondary N) is 2. The maximum absolute atomic E-state index is 13.2. The fourth-order valence-electron chi connectivity index (χ4n) is 5.05. The van der Waals surface area contributed by atoms with E-state index < -0.39 is 0 Å². The molecule has 2 fully saturated rings. The molecule has 3 aromatic heterocycles. The summed E-state index contributed by atoms with van der Waals surface area (Å²) in [6, 6.07) is 4.72. The molecule has 2 atom stereocenters. The van der Waals surface area contributed by atoms with E-state index in [1.807, 2.05) is 6.20 Å². The number of carboxylic acid groups (broad SMARTS) is 1. The van der Waals surface area contributed by atoms with E-state index in [1.54, 1.807) is 28.8 Å². The Morgan fingerprint density at radius 2 is 2.06 bits per heavy atom. The molecule has 0 radical (unpaired) electrons. The molecular formula is C22H26N8O4. The second kappa shape index (κ2) is 9.14. The molecule has 3 aliphatic heterocycles. The van der Waals surface area contributed by atoms with Gasteiger partial charge < -0.3 is 25.4 Å². The average molecular weight is 467 g/mol. The molecule has 2 saturated heterocycles. The number of carbonyl (C=O) groups is 2. The van der Waals surface area contributed by atoms with Crippen LogP contribution in [0.15, 0.2) is 30.9 Å². The number of pyridine rings is 2. The molecule has 3 aliphatic rings. The number of amides is 2. The molecule has 2 amide bonds. The van der Waals surface area contributed by atoms with Gasteiger partial charge >= 0.3 is 6.03 Å². The number of hydrogen-bond acceptors (Lipinski definition) is 8. The van der Waals surface area contributed by atoms with E-state index in [9.17, 15) is 4.79 Å². The normalized spacial score (nSPS) is 20.5. The number of hydrogen-bond donors (Lipinski definition) is 3. The van der Waals surface area contributed by atoms with Crippen molar-refractivity contribution in [2.45, 2.75) is 31.3 Å². The number of methoxy groups -OCH3 is 1. The Morgan fingerprint density at radius 1 is 1.29 bits per heavy atom. The van der Waals surface area contributed by atoms with Crippen LogP contribution in [0.5, 0.6) is 5.75 Å². The SMILES string of the molecule is COc1cc2ncnn2cc1NC(=O)N1CCc2c(N3CC4CCC(C3)N4)ccnc21.O=CO. The van der Waals surface area contributed by atoms with E-state index >= 15 is 0 Å². The Kier molecular flexibility index (Phi) is 5.88. The molecule has 2 bridgehead atoms. The predicted octanol–water partition coefficient (Wildman–Crippen LogP) is 1.37. The summed E-state index contributed by atoms with van der Waals surface area (Å²) in [6.45, 7) is 2.36. The number of nitrogens with zero attached hydrogens (tertiary/aromatic N) is 6. The lowest BCUT2D eigenvalue weighted by Crippen LogP contribution is -2.51. The van der Waals surface area contributed by atoms with E-state index in [-0.39, 0.29) is 12.5 Å². The lowest BCUT2D eigenvalue weighted by molar-refractivity contribution is -0.122. The zero-order chi connectivity index (χ0) is 23.7. The summed E-state index contributed by atoms with van der Waals surface area (Å²) in [5, 5.41) is 17.7. The van der Waals surface area contributed by atoms with Gasteiger partial charge in [0.2, 0.25) is 0 Å². The molecular weight excluding hydrogens is 440 g/mol. The zero-order valence-corrected chi connectivity index (χ0v) is 18.7. The molecule has 2 unspecified atom stereocenters. The van der Waals surface area contributed by atoms with Crippen LogP contribution in [-0.4, -0.2) is 76.0 Å². The van der Waals surface area contributed by atoms with Crippen LogP contribution in [0, 0.1) is 0 Å². The molecule has 12 nitrogen and oxygen atoms in total. The Labute approximate surface area is 195 Å². The van der Waals surface area contributed by atoms with E-state index in [2.05, 4.69) is 36.7 Å². The van der Waals surface area contributed by atoms with Crippen LogP contribution in [0.3, 0.4) is 0 Å². The minimum Gasteiger partial charge on any atom is -0.494 e. The summed E-state index contributed by atoms with van der Waals surface area (Å²) in [5.41, 5.74) is 3.55. The number of ether oxygens (including phenoxy) is 1. The Morgan fingerprint density at radius 3 is 2.79 bits per heavy atom. The zero-order valence-electron chi connectivity index (χ0n) is 18.7. The van der Waals surface area contributed by atoms with Crippen molar-refractivity contribution in [1.82, 2.24) is 24.9 Å². The topological polar surface area (TPSA) is 137 Å². The first-order valence-corrected chi connectivity index (χ1v) is 11.1. The van der Waals surface area contributed by atoms with E-state index in [0.717, 1.165) is 30.9 Å². The fraction of sp³-hybridized carbons (Fsp3) is 0.409. The highest BCUT2D eigenvalue weighted by atomic mass is 16.5. The third-order valence-corrected chi connectivity index (χ3v) is 6.49. The van der Waals surface area contributed by atoms with Crippen LogP contribution >= 0.6 is 0 Å². The van der Waals surface area contributed by atoms with Crippen LogP contribution in [0.4, 0.5) is 22.0 Å². The van der Waals surface area contributed by atoms with Crippen LogP contribution in [0.25, 0.3) is 5.65 Å². The van der Waals surface area contributed by atoms with E-state index in [1.165, 1.54) is 24.9 Å². The Bertz CT molecular complexity index is 1200. The smallest absolute Gasteiger partial charge is 0.327 e. The minimum atomic E-state index is -0.250. The summed E-state index contributed by atoms with van der Waals surface area (Å²) in [5.74, 6) is 1.27. The molecule has 0 saturated carbocycles. The maximum atomic E-state index is 13.2. The third kappa shape index (κ3) is 3.96. The van der Waals surface area contributed by atoms with Crippen LogP contribution in [0.1, 0.15) is 18.4 Å². The molecule has 6 rings (SSSR count). The number of piperazine rings is 1. The third-order valence-electron chi connectivity index (χ3n) is 6.49. The molecule has 34 heavy (non-hydrogen) atoms. The van der Waals surface area contributed by atoms with Crippen molar-refractivity contribution >= 4 is 35.3 Å². The van der Waals surface area contributed by atoms with Crippen LogP contribution < -0.4 is 25.2 Å². The van der Waals surface area contributed by atoms with Crippen LogP contribution in [-0.2, 0) is 11.2 Å². The minimum absolute atomic E-state index is 0.235. The Hall–Kier alpha value is -3.93. The Balaban J connectivity index is 0.000000764. The summed E-state index contributed by atoms with van der Waals surface area (Å²) in [4.78, 5) is 34.4. The lowest BCUT2D eigenvalue weighted by atomic mass is 10.1. The van der Waals surface area contributed by atoms with Gasteiger partial charge in [-0.05, 0) is 25.3 Å². The van der Waals surface area contributed by atoms with Crippen molar-refractivity contribution in [3.05, 3.63) is 36.4 Å². The predicted molar refractivity (Wildman–Crippen MR) is 125 cm³/mol. The quantitative estimate of drug-likeness (QED) is 0.489. The van der Waals surface area contributed by atoms with Crippen molar-refractivity contribution in [2.24, 2.45) is 0 Å². The molecule has 6 heterocycles. The van der Waals surface area contributed by atoms with Crippen molar-refractivity contribution < 1.29 is 19.4 Å². The first-order valence-electron chi connectivity index (χ1n) is 11.1. The van der Waals surface area contributed by atoms with Crippen molar-refractivity contribution in [3.8, 4) is 5.75 Å². The van der Waals surface area contributed by atoms with Gasteiger partial charge in [-0.3, -0.25) is 9.69 Å². The highest BCUT2D eigenvalue weighted by molar-refractivity contribution is 6.03. The highest BCUT2D eigenvalue weighted by Crippen LogP contribution is 2.36. The van der Waals surface area contributed by atoms with Gasteiger partial charge in [0.05, 0.1) is 13.3 Å². The first-order chi connectivity index (χ1) is 16.6. The number of rotatable bonds is 3. The van der Waals surface area contributed by atoms with Crippen molar-refractivity contribution in [3.63, 3.8) is 0 Å². The molecule has 3 aromatic rings. The van der Waals surface area contributed by atoms with Crippen molar-refractivity contribution in [1.29, 1.82) is 0 Å². The maximum Gasteiger partial charge on any atom is 0.327 e. The van der Waals surface area contributed by atoms with Gasteiger partial charge in [0.1, 0.15) is 23.6 Å². The first kappa shape index (κ1) is 21.9. The van der Waals surface area contributed by atoms with Gasteiger partial charge in [0.15, 0.2) is 5.65 Å². The van der Waals surface area contributed by atoms with E-state index in [0.29, 0.717) is 35.7 Å². The number of aromatic nitrogens is 4. The second-order valence-electron chi connectivity index (χ2n) is 8.43. The molecule has 12 heteroatoms. The number of anilines is 3. The second-order valence-corrected chi connectivity index (χ2v) is 8.43. The number of fused-ring (bicyclic) bond motifs is 4. The lowest BCUT2D eigenvalue weighted by Gasteiger charge is -2.35. The summed E-state index contributed by atoms with van der Waals surface area (Å²) >= 11 is 0. The van der Waals surface area contributed by atoms with Gasteiger partial charge in [-0.2, -0.15) is 5.10 Å². The van der Waals surface area contributed by atoms with Crippen molar-refractivity contribution in [2.75, 3.05) is 41.9 Å². The van der Waals surface area contributed by atoms with Gasteiger partial charge in [0, 0.05) is 55.2 Å². The molecule has 0 spiro atoms. The summed E-state index contributed by atoms with van der Waals surface area (Å²) < 4.78 is 7.04. The fourth-order valence-corrected chi connectivity index (χ4v) is 5.05. The largest absolute Gasteiger partial charge is 0.494 e. The number of carbonyl (C=O) groups excluding carboxylic acids is 1. The molecule has 3 N–H and O–H groups in total. The monoisotopic (exact) mass is 466 g/mol. The van der Waals surface area contributed by atoms with Gasteiger partial charge in [-0.1, -0.05) is 0 Å². The highest BCUT2D eigenvalue weighted by Gasteiger charge is 2.35. The summed E-state index contributed by atoms with van der Waals surface area (Å²) in [6.07, 6.45) is 8.25. The number of urea groups is 1. The van der Waals surface area contributed by atoms with Gasteiger partial charge in [0.25, 0.3) is 6.47 Å². The van der Waals surface area contributed by atoms with Gasteiger partial charge in [-0.25, -0.2) is 19.3 Å². The molecule has 178 valence electrons. The standard InChI is InChI=1S/C21H24N8O2.CH2O2/c1-31-18-8-19-23-12-24-29(19)11-16(18)26-21(30)28-7-5-15-17(4-6-22-20(15)28)27-9-13-2-3-14(10-27)25-13;2-1-3/h4,6,8,11-14,25H,2-3,5,7,9-10H2,1H3,(H,26,30);1H,(H,2,3). The van der Waals surface area contributed by atoms with Gasteiger partial charge in [-0.15, -0.1) is 0 Å². The summed E-state index contributed by atoms with van der Waals surface area (Å²) in [7, 11) is 1.57. The van der Waals surface area contributed by atoms with Crippen LogP contribution in [0.2, 0.25) is 0 Å². The molecule has 0 aliphatic carbocycles. The average Bonchev–Trinajstić information content (AvgIpc) is 3.56. The molecule has 0 aromatic carbocycles. The van der Waals surface area contributed by atoms with E-state index in [4.69, 9.17) is 14.6 Å².